The third-order valence-electron chi connectivity index (χ3n) is 3.37. The average molecular weight is 300 g/mol. The first-order valence-electron chi connectivity index (χ1n) is 7.36. The first-order valence-corrected chi connectivity index (χ1v) is 7.36. The van der Waals surface area contributed by atoms with Gasteiger partial charge >= 0.3 is 0 Å². The van der Waals surface area contributed by atoms with Gasteiger partial charge in [0.2, 0.25) is 5.91 Å². The number of hydrogen-bond donors (Lipinski definition) is 1. The summed E-state index contributed by atoms with van der Waals surface area (Å²) in [6, 6.07) is 21.6. The van der Waals surface area contributed by atoms with Crippen molar-refractivity contribution in [3.8, 4) is 11.1 Å². The Morgan fingerprint density at radius 3 is 2.39 bits per heavy atom. The Kier molecular flexibility index (Phi) is 4.60. The molecule has 0 radical (unpaired) electrons. The van der Waals surface area contributed by atoms with E-state index in [1.165, 1.54) is 6.08 Å². The number of nitrogens with one attached hydrogen (secondary N) is 1. The molecule has 0 aliphatic heterocycles. The lowest BCUT2D eigenvalue weighted by molar-refractivity contribution is -0.111. The second kappa shape index (κ2) is 7.18. The van der Waals surface area contributed by atoms with E-state index in [9.17, 15) is 4.79 Å². The van der Waals surface area contributed by atoms with Crippen LogP contribution >= 0.6 is 0 Å². The maximum absolute atomic E-state index is 12.0. The predicted molar refractivity (Wildman–Crippen MR) is 93.8 cm³/mol. The van der Waals surface area contributed by atoms with Gasteiger partial charge in [-0.2, -0.15) is 0 Å². The van der Waals surface area contributed by atoms with Crippen LogP contribution in [0.15, 0.2) is 85.2 Å². The molecule has 0 atom stereocenters. The smallest absolute Gasteiger partial charge is 0.248 e. The molecule has 0 aliphatic carbocycles. The number of benzene rings is 2. The highest BCUT2D eigenvalue weighted by molar-refractivity contribution is 6.02. The fourth-order valence-electron chi connectivity index (χ4n) is 2.24. The Morgan fingerprint density at radius 1 is 0.870 bits per heavy atom. The van der Waals surface area contributed by atoms with Crippen molar-refractivity contribution in [3.05, 3.63) is 90.8 Å². The number of hydrogen-bond acceptors (Lipinski definition) is 2. The average Bonchev–Trinajstić information content (AvgIpc) is 2.62. The van der Waals surface area contributed by atoms with E-state index in [2.05, 4.69) is 10.3 Å². The second-order valence-electron chi connectivity index (χ2n) is 5.05. The number of nitrogens with zero attached hydrogens (tertiary/aromatic N) is 1. The number of aromatic nitrogens is 1. The minimum absolute atomic E-state index is 0.160. The quantitative estimate of drug-likeness (QED) is 0.726. The summed E-state index contributed by atoms with van der Waals surface area (Å²) < 4.78 is 0. The minimum Gasteiger partial charge on any atom is -0.322 e. The van der Waals surface area contributed by atoms with Crippen molar-refractivity contribution >= 4 is 17.7 Å². The summed E-state index contributed by atoms with van der Waals surface area (Å²) in [7, 11) is 0. The van der Waals surface area contributed by atoms with Crippen molar-refractivity contribution in [1.29, 1.82) is 0 Å². The van der Waals surface area contributed by atoms with Crippen LogP contribution in [0.3, 0.4) is 0 Å². The van der Waals surface area contributed by atoms with Crippen LogP contribution in [0.5, 0.6) is 0 Å². The number of amides is 1. The lowest BCUT2D eigenvalue weighted by atomic mass is 10.1. The van der Waals surface area contributed by atoms with Crippen LogP contribution in [0.2, 0.25) is 0 Å². The van der Waals surface area contributed by atoms with E-state index in [1.807, 2.05) is 66.7 Å². The molecule has 0 bridgehead atoms. The van der Waals surface area contributed by atoms with Crippen molar-refractivity contribution in [2.75, 3.05) is 5.32 Å². The van der Waals surface area contributed by atoms with Gasteiger partial charge in [0.1, 0.15) is 0 Å². The molecule has 1 aromatic heterocycles. The maximum atomic E-state index is 12.0. The number of rotatable bonds is 4. The van der Waals surface area contributed by atoms with Crippen LogP contribution < -0.4 is 5.32 Å². The van der Waals surface area contributed by atoms with Gasteiger partial charge in [-0.25, -0.2) is 0 Å². The Balaban J connectivity index is 1.71. The van der Waals surface area contributed by atoms with Gasteiger partial charge in [0, 0.05) is 24.2 Å². The maximum Gasteiger partial charge on any atom is 0.248 e. The number of anilines is 1. The van der Waals surface area contributed by atoms with Crippen molar-refractivity contribution in [2.45, 2.75) is 0 Å². The molecule has 3 nitrogen and oxygen atoms in total. The second-order valence-corrected chi connectivity index (χ2v) is 5.05. The minimum atomic E-state index is -0.160. The van der Waals surface area contributed by atoms with E-state index in [0.717, 1.165) is 22.4 Å². The van der Waals surface area contributed by atoms with Crippen molar-refractivity contribution < 1.29 is 4.79 Å². The van der Waals surface area contributed by atoms with Crippen molar-refractivity contribution in [1.82, 2.24) is 4.98 Å². The van der Waals surface area contributed by atoms with E-state index >= 15 is 0 Å². The lowest BCUT2D eigenvalue weighted by Gasteiger charge is -2.06. The monoisotopic (exact) mass is 300 g/mol. The summed E-state index contributed by atoms with van der Waals surface area (Å²) in [4.78, 5) is 16.0. The molecule has 3 heteroatoms. The molecule has 1 N–H and O–H groups in total. The van der Waals surface area contributed by atoms with Gasteiger partial charge in [0.05, 0.1) is 0 Å². The molecule has 112 valence electrons. The fourth-order valence-corrected chi connectivity index (χ4v) is 2.24. The fraction of sp³-hybridized carbons (Fsp3) is 0. The topological polar surface area (TPSA) is 42.0 Å². The highest BCUT2D eigenvalue weighted by Gasteiger charge is 2.01. The van der Waals surface area contributed by atoms with E-state index < -0.39 is 0 Å². The van der Waals surface area contributed by atoms with E-state index in [1.54, 1.807) is 18.5 Å². The Hall–Kier alpha value is -3.20. The molecule has 0 spiro atoms. The van der Waals surface area contributed by atoms with Crippen molar-refractivity contribution in [2.24, 2.45) is 0 Å². The molecule has 1 amide bonds. The molecular formula is C20H16N2O. The van der Waals surface area contributed by atoms with Crippen LogP contribution in [-0.4, -0.2) is 10.9 Å². The van der Waals surface area contributed by atoms with Crippen LogP contribution in [0, 0.1) is 0 Å². The molecule has 0 unspecified atom stereocenters. The van der Waals surface area contributed by atoms with Gasteiger partial charge in [-0.15, -0.1) is 0 Å². The molecule has 0 fully saturated rings. The highest BCUT2D eigenvalue weighted by atomic mass is 16.1. The van der Waals surface area contributed by atoms with Crippen molar-refractivity contribution in [3.63, 3.8) is 0 Å². The third kappa shape index (κ3) is 4.14. The zero-order chi connectivity index (χ0) is 15.9. The summed E-state index contributed by atoms with van der Waals surface area (Å²) in [5.74, 6) is -0.160. The van der Waals surface area contributed by atoms with Gasteiger partial charge in [-0.1, -0.05) is 42.5 Å². The molecule has 3 rings (SSSR count). The zero-order valence-corrected chi connectivity index (χ0v) is 12.5. The van der Waals surface area contributed by atoms with Gasteiger partial charge in [0.15, 0.2) is 0 Å². The number of carbonyl (C=O) groups is 1. The molecular weight excluding hydrogens is 284 g/mol. The molecule has 2 aromatic carbocycles. The Morgan fingerprint density at radius 2 is 1.61 bits per heavy atom. The summed E-state index contributed by atoms with van der Waals surface area (Å²) in [6.07, 6.45) is 6.67. The number of carbonyl (C=O) groups excluding carboxylic acids is 1. The first kappa shape index (κ1) is 14.7. The normalized spacial score (nSPS) is 10.6. The van der Waals surface area contributed by atoms with Gasteiger partial charge in [-0.3, -0.25) is 9.78 Å². The molecule has 3 aromatic rings. The Bertz CT molecular complexity index is 811. The standard InChI is InChI=1S/C20H16N2O/c23-20(10-9-16-11-13-21-14-12-16)22-19-8-4-7-18(15-19)17-5-2-1-3-6-17/h1-15H,(H,22,23)/b10-9+. The van der Waals surface area contributed by atoms with E-state index in [0.29, 0.717) is 0 Å². The molecule has 1 heterocycles. The largest absolute Gasteiger partial charge is 0.322 e. The third-order valence-corrected chi connectivity index (χ3v) is 3.37. The molecule has 0 saturated carbocycles. The SMILES string of the molecule is O=C(/C=C/c1ccncc1)Nc1cccc(-c2ccccc2)c1. The summed E-state index contributed by atoms with van der Waals surface area (Å²) >= 11 is 0. The van der Waals surface area contributed by atoms with E-state index in [4.69, 9.17) is 0 Å². The highest BCUT2D eigenvalue weighted by Crippen LogP contribution is 2.22. The van der Waals surface area contributed by atoms with Gasteiger partial charge in [0.25, 0.3) is 0 Å². The molecule has 0 saturated heterocycles. The van der Waals surface area contributed by atoms with Crippen LogP contribution in [0.1, 0.15) is 5.56 Å². The lowest BCUT2D eigenvalue weighted by Crippen LogP contribution is -2.07. The van der Waals surface area contributed by atoms with E-state index in [-0.39, 0.29) is 5.91 Å². The van der Waals surface area contributed by atoms with Crippen LogP contribution in [0.4, 0.5) is 5.69 Å². The summed E-state index contributed by atoms with van der Waals surface area (Å²) in [5, 5.41) is 2.88. The van der Waals surface area contributed by atoms with Gasteiger partial charge in [-0.05, 0) is 47.0 Å². The summed E-state index contributed by atoms with van der Waals surface area (Å²) in [5.41, 5.74) is 3.90. The van der Waals surface area contributed by atoms with Gasteiger partial charge < -0.3 is 5.32 Å². The Labute approximate surface area is 135 Å². The summed E-state index contributed by atoms with van der Waals surface area (Å²) in [6.45, 7) is 0. The van der Waals surface area contributed by atoms with Crippen LogP contribution in [0.25, 0.3) is 17.2 Å². The molecule has 0 aliphatic rings. The first-order chi connectivity index (χ1) is 11.3. The van der Waals surface area contributed by atoms with Crippen LogP contribution in [-0.2, 0) is 4.79 Å². The zero-order valence-electron chi connectivity index (χ0n) is 12.5. The molecule has 23 heavy (non-hydrogen) atoms. The predicted octanol–water partition coefficient (Wildman–Crippen LogP) is 4.40. The number of pyridine rings is 1.